The minimum Gasteiger partial charge on any atom is -0.493 e. The average Bonchev–Trinajstić information content (AvgIpc) is 2.82. The van der Waals surface area contributed by atoms with Crippen LogP contribution in [0.4, 0.5) is 13.2 Å². The highest BCUT2D eigenvalue weighted by Crippen LogP contribution is 2.34. The van der Waals surface area contributed by atoms with Gasteiger partial charge in [0.1, 0.15) is 0 Å². The molecular formula is C26H24F3NO3. The van der Waals surface area contributed by atoms with E-state index in [0.717, 1.165) is 28.0 Å². The summed E-state index contributed by atoms with van der Waals surface area (Å²) in [5.74, 6) is 1.25. The van der Waals surface area contributed by atoms with Gasteiger partial charge in [-0.3, -0.25) is 4.79 Å². The van der Waals surface area contributed by atoms with Gasteiger partial charge in [0.15, 0.2) is 11.5 Å². The van der Waals surface area contributed by atoms with Crippen LogP contribution in [0.1, 0.15) is 23.1 Å². The monoisotopic (exact) mass is 455 g/mol. The molecule has 172 valence electrons. The van der Waals surface area contributed by atoms with Crippen LogP contribution in [-0.2, 0) is 17.4 Å². The molecule has 4 nitrogen and oxygen atoms in total. The van der Waals surface area contributed by atoms with Crippen LogP contribution in [0.15, 0.2) is 60.7 Å². The molecular weight excluding hydrogens is 431 g/mol. The molecule has 1 aliphatic rings. The summed E-state index contributed by atoms with van der Waals surface area (Å²) >= 11 is 0. The number of fused-ring (bicyclic) bond motifs is 1. The highest BCUT2D eigenvalue weighted by atomic mass is 19.4. The van der Waals surface area contributed by atoms with Gasteiger partial charge in [0.05, 0.1) is 26.2 Å². The Kier molecular flexibility index (Phi) is 6.31. The van der Waals surface area contributed by atoms with Crippen molar-refractivity contribution < 1.29 is 27.4 Å². The Bertz CT molecular complexity index is 1220. The summed E-state index contributed by atoms with van der Waals surface area (Å²) in [7, 11) is 3.16. The summed E-state index contributed by atoms with van der Waals surface area (Å²) in [6.07, 6.45) is -1.77. The number of carbonyl (C=O) groups is 1. The molecule has 1 aliphatic heterocycles. The largest absolute Gasteiger partial charge is 0.493 e. The second-order valence-electron chi connectivity index (χ2n) is 7.96. The summed E-state index contributed by atoms with van der Waals surface area (Å²) in [6.45, 7) is 0.850. The standard InChI is InChI=1S/C26H24F3NO3/c1-32-23-15-20-7-6-17(12-21(20)16-24(23)33-2)13-25(31)30-10-8-18(9-11-30)19-4-3-5-22(14-19)26(27,28)29/h3-8,12,14-16H,9-11,13H2,1-2H3. The number of nitrogens with zero attached hydrogens (tertiary/aromatic N) is 1. The van der Waals surface area contributed by atoms with Gasteiger partial charge in [-0.05, 0) is 58.2 Å². The Morgan fingerprint density at radius 3 is 2.33 bits per heavy atom. The lowest BCUT2D eigenvalue weighted by atomic mass is 9.97. The summed E-state index contributed by atoms with van der Waals surface area (Å²) in [6, 6.07) is 14.9. The highest BCUT2D eigenvalue weighted by molar-refractivity contribution is 5.88. The van der Waals surface area contributed by atoms with Gasteiger partial charge in [0.25, 0.3) is 0 Å². The van der Waals surface area contributed by atoms with Gasteiger partial charge < -0.3 is 14.4 Å². The molecule has 0 bridgehead atoms. The molecule has 3 aromatic carbocycles. The van der Waals surface area contributed by atoms with Crippen molar-refractivity contribution in [2.75, 3.05) is 27.3 Å². The first-order valence-corrected chi connectivity index (χ1v) is 10.6. The third-order valence-corrected chi connectivity index (χ3v) is 5.88. The molecule has 0 N–H and O–H groups in total. The Labute approximate surface area is 190 Å². The van der Waals surface area contributed by atoms with E-state index < -0.39 is 11.7 Å². The smallest absolute Gasteiger partial charge is 0.416 e. The SMILES string of the molecule is COc1cc2ccc(CC(=O)N3CC=C(c4cccc(C(F)(F)F)c4)CC3)cc2cc1OC. The quantitative estimate of drug-likeness (QED) is 0.493. The summed E-state index contributed by atoms with van der Waals surface area (Å²) in [4.78, 5) is 14.6. The van der Waals surface area contributed by atoms with E-state index in [9.17, 15) is 18.0 Å². The number of carbonyl (C=O) groups excluding carboxylic acids is 1. The number of ether oxygens (including phenoxy) is 2. The lowest BCUT2D eigenvalue weighted by Crippen LogP contribution is -2.35. The molecule has 0 radical (unpaired) electrons. The molecule has 0 aliphatic carbocycles. The minimum atomic E-state index is -4.37. The molecule has 1 heterocycles. The topological polar surface area (TPSA) is 38.8 Å². The third-order valence-electron chi connectivity index (χ3n) is 5.88. The van der Waals surface area contributed by atoms with Crippen molar-refractivity contribution in [1.82, 2.24) is 4.90 Å². The fraction of sp³-hybridized carbons (Fsp3) is 0.269. The number of alkyl halides is 3. The summed E-state index contributed by atoms with van der Waals surface area (Å²) in [5, 5.41) is 1.93. The van der Waals surface area contributed by atoms with Crippen molar-refractivity contribution in [2.45, 2.75) is 19.0 Å². The lowest BCUT2D eigenvalue weighted by Gasteiger charge is -2.27. The van der Waals surface area contributed by atoms with Gasteiger partial charge in [-0.25, -0.2) is 0 Å². The van der Waals surface area contributed by atoms with E-state index in [1.54, 1.807) is 25.2 Å². The Balaban J connectivity index is 1.46. The van der Waals surface area contributed by atoms with E-state index in [-0.39, 0.29) is 12.3 Å². The van der Waals surface area contributed by atoms with Gasteiger partial charge in [-0.2, -0.15) is 13.2 Å². The van der Waals surface area contributed by atoms with Gasteiger partial charge in [-0.15, -0.1) is 0 Å². The first-order valence-electron chi connectivity index (χ1n) is 10.6. The maximum Gasteiger partial charge on any atom is 0.416 e. The molecule has 4 rings (SSSR count). The first kappa shape index (κ1) is 22.7. The van der Waals surface area contributed by atoms with Gasteiger partial charge >= 0.3 is 6.18 Å². The second-order valence-corrected chi connectivity index (χ2v) is 7.96. The van der Waals surface area contributed by atoms with Crippen molar-refractivity contribution in [3.63, 3.8) is 0 Å². The fourth-order valence-electron chi connectivity index (χ4n) is 4.07. The van der Waals surface area contributed by atoms with Crippen molar-refractivity contribution in [1.29, 1.82) is 0 Å². The van der Waals surface area contributed by atoms with E-state index >= 15 is 0 Å². The average molecular weight is 455 g/mol. The van der Waals surface area contributed by atoms with E-state index in [2.05, 4.69) is 0 Å². The normalized spacial score (nSPS) is 14.2. The van der Waals surface area contributed by atoms with Gasteiger partial charge in [0.2, 0.25) is 5.91 Å². The van der Waals surface area contributed by atoms with E-state index in [1.807, 2.05) is 36.4 Å². The molecule has 1 amide bonds. The van der Waals surface area contributed by atoms with Crippen molar-refractivity contribution in [3.8, 4) is 11.5 Å². The van der Waals surface area contributed by atoms with Gasteiger partial charge in [0, 0.05) is 13.1 Å². The zero-order valence-electron chi connectivity index (χ0n) is 18.4. The van der Waals surface area contributed by atoms with Crippen molar-refractivity contribution >= 4 is 22.3 Å². The Morgan fingerprint density at radius 1 is 0.970 bits per heavy atom. The summed E-state index contributed by atoms with van der Waals surface area (Å²) in [5.41, 5.74) is 1.60. The van der Waals surface area contributed by atoms with Crippen LogP contribution in [0.25, 0.3) is 16.3 Å². The zero-order valence-corrected chi connectivity index (χ0v) is 18.4. The van der Waals surface area contributed by atoms with Crippen LogP contribution in [0.3, 0.4) is 0 Å². The minimum absolute atomic E-state index is 0.0193. The Hall–Kier alpha value is -3.48. The van der Waals surface area contributed by atoms with Crippen LogP contribution in [0.5, 0.6) is 11.5 Å². The lowest BCUT2D eigenvalue weighted by molar-refractivity contribution is -0.137. The van der Waals surface area contributed by atoms with Crippen LogP contribution in [0.2, 0.25) is 0 Å². The molecule has 0 spiro atoms. The maximum atomic E-state index is 13.0. The van der Waals surface area contributed by atoms with Crippen LogP contribution < -0.4 is 9.47 Å². The molecule has 7 heteroatoms. The molecule has 0 saturated heterocycles. The number of amides is 1. The summed E-state index contributed by atoms with van der Waals surface area (Å²) < 4.78 is 49.7. The molecule has 0 atom stereocenters. The van der Waals surface area contributed by atoms with Crippen LogP contribution in [-0.4, -0.2) is 38.1 Å². The molecule has 0 saturated carbocycles. The molecule has 0 fully saturated rings. The van der Waals surface area contributed by atoms with Crippen LogP contribution >= 0.6 is 0 Å². The predicted octanol–water partition coefficient (Wildman–Crippen LogP) is 5.73. The van der Waals surface area contributed by atoms with Gasteiger partial charge in [-0.1, -0.05) is 36.4 Å². The van der Waals surface area contributed by atoms with E-state index in [1.165, 1.54) is 12.1 Å². The number of benzene rings is 3. The van der Waals surface area contributed by atoms with Crippen molar-refractivity contribution in [3.05, 3.63) is 77.4 Å². The number of rotatable bonds is 5. The second kappa shape index (κ2) is 9.17. The maximum absolute atomic E-state index is 13.0. The molecule has 0 unspecified atom stereocenters. The molecule has 33 heavy (non-hydrogen) atoms. The third kappa shape index (κ3) is 4.97. The first-order chi connectivity index (χ1) is 15.8. The van der Waals surface area contributed by atoms with E-state index in [4.69, 9.17) is 9.47 Å². The molecule has 3 aromatic rings. The number of halogens is 3. The van der Waals surface area contributed by atoms with E-state index in [0.29, 0.717) is 36.6 Å². The number of hydrogen-bond acceptors (Lipinski definition) is 3. The fourth-order valence-corrected chi connectivity index (χ4v) is 4.07. The van der Waals surface area contributed by atoms with Crippen LogP contribution in [0, 0.1) is 0 Å². The predicted molar refractivity (Wildman–Crippen MR) is 121 cm³/mol. The number of hydrogen-bond donors (Lipinski definition) is 0. The zero-order chi connectivity index (χ0) is 23.6. The number of methoxy groups -OCH3 is 2. The van der Waals surface area contributed by atoms with Crippen molar-refractivity contribution in [2.24, 2.45) is 0 Å². The Morgan fingerprint density at radius 2 is 1.70 bits per heavy atom. The molecule has 0 aromatic heterocycles. The highest BCUT2D eigenvalue weighted by Gasteiger charge is 2.30.